The summed E-state index contributed by atoms with van der Waals surface area (Å²) in [5.41, 5.74) is 0. The molecule has 0 radical (unpaired) electrons. The van der Waals surface area contributed by atoms with Gasteiger partial charge in [-0.25, -0.2) is 9.78 Å². The van der Waals surface area contributed by atoms with Crippen LogP contribution in [0, 0.1) is 0 Å². The van der Waals surface area contributed by atoms with E-state index in [2.05, 4.69) is 9.72 Å². The molecular weight excluding hydrogens is 410 g/mol. The van der Waals surface area contributed by atoms with Crippen LogP contribution >= 0.6 is 23.2 Å². The fraction of sp³-hybridized carbons (Fsp3) is 0.375. The van der Waals surface area contributed by atoms with Crippen LogP contribution in [0.25, 0.3) is 0 Å². The van der Waals surface area contributed by atoms with Gasteiger partial charge >= 0.3 is 12.4 Å². The predicted octanol–water partition coefficient (Wildman–Crippen LogP) is 4.85. The van der Waals surface area contributed by atoms with E-state index >= 15 is 0 Å². The van der Waals surface area contributed by atoms with Crippen molar-refractivity contribution in [2.24, 2.45) is 0 Å². The zero-order valence-electron chi connectivity index (χ0n) is 14.2. The van der Waals surface area contributed by atoms with Gasteiger partial charge in [-0.05, 0) is 6.42 Å². The molecule has 1 amide bonds. The molecule has 2 aromatic rings. The molecule has 1 heterocycles. The molecule has 2 rings (SSSR count). The van der Waals surface area contributed by atoms with Crippen molar-refractivity contribution in [2.45, 2.75) is 19.7 Å². The van der Waals surface area contributed by atoms with Crippen LogP contribution < -0.4 is 9.47 Å². The molecule has 0 aliphatic carbocycles. The molecule has 0 aliphatic rings. The molecule has 0 saturated heterocycles. The fourth-order valence-corrected chi connectivity index (χ4v) is 2.81. The van der Waals surface area contributed by atoms with Crippen molar-refractivity contribution in [3.63, 3.8) is 0 Å². The lowest BCUT2D eigenvalue weighted by atomic mass is 10.3. The number of alkyl halides is 3. The van der Waals surface area contributed by atoms with Gasteiger partial charge in [-0.2, -0.15) is 0 Å². The SMILES string of the molecule is CCCN(CCOc1c(Cl)cc(OC(F)(F)F)cc1Cl)C(=O)n1ccnc1. The van der Waals surface area contributed by atoms with Crippen LogP contribution in [0.3, 0.4) is 0 Å². The zero-order valence-corrected chi connectivity index (χ0v) is 15.7. The molecule has 0 unspecified atom stereocenters. The van der Waals surface area contributed by atoms with Crippen LogP contribution in [0.2, 0.25) is 10.0 Å². The Morgan fingerprint density at radius 1 is 1.26 bits per heavy atom. The topological polar surface area (TPSA) is 56.6 Å². The summed E-state index contributed by atoms with van der Waals surface area (Å²) in [5, 5.41) is -0.269. The first-order valence-electron chi connectivity index (χ1n) is 7.86. The van der Waals surface area contributed by atoms with E-state index in [1.54, 1.807) is 4.90 Å². The Kier molecular flexibility index (Phi) is 7.20. The minimum absolute atomic E-state index is 0.0133. The van der Waals surface area contributed by atoms with Crippen molar-refractivity contribution >= 4 is 29.2 Å². The van der Waals surface area contributed by atoms with E-state index in [0.717, 1.165) is 18.6 Å². The van der Waals surface area contributed by atoms with Gasteiger partial charge in [0, 0.05) is 31.1 Å². The molecule has 0 N–H and O–H groups in total. The standard InChI is InChI=1S/C16H16Cl2F3N3O3/c1-2-4-23(15(25)24-5-3-22-10-24)6-7-26-14-12(17)8-11(9-13(14)18)27-16(19,20)21/h3,5,8-10H,2,4,6-7H2,1H3. The third-order valence-electron chi connectivity index (χ3n) is 3.30. The molecule has 1 aromatic heterocycles. The summed E-state index contributed by atoms with van der Waals surface area (Å²) in [7, 11) is 0. The van der Waals surface area contributed by atoms with Crippen LogP contribution in [0.1, 0.15) is 13.3 Å². The van der Waals surface area contributed by atoms with Crippen LogP contribution in [0.15, 0.2) is 30.9 Å². The predicted molar refractivity (Wildman–Crippen MR) is 93.5 cm³/mol. The number of amides is 1. The van der Waals surface area contributed by atoms with Gasteiger partial charge in [-0.1, -0.05) is 30.1 Å². The van der Waals surface area contributed by atoms with E-state index < -0.39 is 12.1 Å². The Bertz CT molecular complexity index is 747. The van der Waals surface area contributed by atoms with E-state index in [9.17, 15) is 18.0 Å². The minimum atomic E-state index is -4.86. The van der Waals surface area contributed by atoms with Gasteiger partial charge in [0.15, 0.2) is 5.75 Å². The van der Waals surface area contributed by atoms with Crippen molar-refractivity contribution < 1.29 is 27.4 Å². The molecule has 6 nitrogen and oxygen atoms in total. The highest BCUT2D eigenvalue weighted by Crippen LogP contribution is 2.38. The number of carbonyl (C=O) groups excluding carboxylic acids is 1. The molecule has 0 bridgehead atoms. The molecule has 0 saturated carbocycles. The summed E-state index contributed by atoms with van der Waals surface area (Å²) in [5.74, 6) is -0.535. The van der Waals surface area contributed by atoms with E-state index in [4.69, 9.17) is 27.9 Å². The van der Waals surface area contributed by atoms with E-state index in [0.29, 0.717) is 6.54 Å². The average molecular weight is 426 g/mol. The van der Waals surface area contributed by atoms with Crippen LogP contribution in [0.4, 0.5) is 18.0 Å². The van der Waals surface area contributed by atoms with E-state index in [1.165, 1.54) is 23.3 Å². The number of rotatable bonds is 7. The Hall–Kier alpha value is -2.13. The number of hydrogen-bond donors (Lipinski definition) is 0. The number of imidazole rings is 1. The normalized spacial score (nSPS) is 11.3. The second-order valence-electron chi connectivity index (χ2n) is 5.35. The molecule has 11 heteroatoms. The maximum Gasteiger partial charge on any atom is 0.573 e. The number of halogens is 5. The molecule has 1 aromatic carbocycles. The number of nitrogens with zero attached hydrogens (tertiary/aromatic N) is 3. The molecule has 0 spiro atoms. The smallest absolute Gasteiger partial charge is 0.489 e. The average Bonchev–Trinajstić information content (AvgIpc) is 3.08. The third-order valence-corrected chi connectivity index (χ3v) is 3.86. The zero-order chi connectivity index (χ0) is 20.0. The van der Waals surface area contributed by atoms with Gasteiger partial charge in [0.05, 0.1) is 16.6 Å². The summed E-state index contributed by atoms with van der Waals surface area (Å²) >= 11 is 11.9. The lowest BCUT2D eigenvalue weighted by molar-refractivity contribution is -0.274. The highest BCUT2D eigenvalue weighted by atomic mass is 35.5. The van der Waals surface area contributed by atoms with Crippen molar-refractivity contribution in [1.29, 1.82) is 0 Å². The Morgan fingerprint density at radius 2 is 1.93 bits per heavy atom. The summed E-state index contributed by atoms with van der Waals surface area (Å²) < 4.78 is 47.4. The summed E-state index contributed by atoms with van der Waals surface area (Å²) in [6, 6.07) is 1.64. The number of carbonyl (C=O) groups is 1. The van der Waals surface area contributed by atoms with Gasteiger partial charge in [-0.15, -0.1) is 13.2 Å². The van der Waals surface area contributed by atoms with Crippen LogP contribution in [-0.4, -0.2) is 46.5 Å². The van der Waals surface area contributed by atoms with Gasteiger partial charge in [0.2, 0.25) is 0 Å². The van der Waals surface area contributed by atoms with Crippen molar-refractivity contribution in [3.8, 4) is 11.5 Å². The number of ether oxygens (including phenoxy) is 2. The second-order valence-corrected chi connectivity index (χ2v) is 6.17. The monoisotopic (exact) mass is 425 g/mol. The van der Waals surface area contributed by atoms with Gasteiger partial charge in [0.1, 0.15) is 18.7 Å². The number of benzene rings is 1. The molecule has 0 atom stereocenters. The van der Waals surface area contributed by atoms with Crippen molar-refractivity contribution in [3.05, 3.63) is 40.9 Å². The summed E-state index contributed by atoms with van der Waals surface area (Å²) in [6.45, 7) is 2.67. The molecule has 148 valence electrons. The minimum Gasteiger partial charge on any atom is -0.489 e. The summed E-state index contributed by atoms with van der Waals surface area (Å²) in [4.78, 5) is 17.7. The quantitative estimate of drug-likeness (QED) is 0.636. The third kappa shape index (κ3) is 6.21. The number of aromatic nitrogens is 2. The molecule has 0 fully saturated rings. The van der Waals surface area contributed by atoms with Gasteiger partial charge < -0.3 is 14.4 Å². The maximum absolute atomic E-state index is 12.4. The summed E-state index contributed by atoms with van der Waals surface area (Å²) in [6.07, 6.45) is 0.273. The Balaban J connectivity index is 2.01. The van der Waals surface area contributed by atoms with Crippen LogP contribution in [-0.2, 0) is 0 Å². The lowest BCUT2D eigenvalue weighted by Crippen LogP contribution is -2.37. The van der Waals surface area contributed by atoms with Gasteiger partial charge in [0.25, 0.3) is 0 Å². The maximum atomic E-state index is 12.4. The first-order valence-corrected chi connectivity index (χ1v) is 8.61. The first-order chi connectivity index (χ1) is 12.7. The van der Waals surface area contributed by atoms with E-state index in [-0.39, 0.29) is 35.0 Å². The second kappa shape index (κ2) is 9.18. The molecular formula is C16H16Cl2F3N3O3. The lowest BCUT2D eigenvalue weighted by Gasteiger charge is -2.22. The highest BCUT2D eigenvalue weighted by molar-refractivity contribution is 6.37. The van der Waals surface area contributed by atoms with Crippen LogP contribution in [0.5, 0.6) is 11.5 Å². The Labute approximate surface area is 163 Å². The largest absolute Gasteiger partial charge is 0.573 e. The van der Waals surface area contributed by atoms with E-state index in [1.807, 2.05) is 6.92 Å². The highest BCUT2D eigenvalue weighted by Gasteiger charge is 2.31. The molecule has 27 heavy (non-hydrogen) atoms. The van der Waals surface area contributed by atoms with Crippen molar-refractivity contribution in [1.82, 2.24) is 14.5 Å². The first kappa shape index (κ1) is 21.2. The van der Waals surface area contributed by atoms with Crippen molar-refractivity contribution in [2.75, 3.05) is 19.7 Å². The van der Waals surface area contributed by atoms with Gasteiger partial charge in [-0.3, -0.25) is 4.57 Å². The Morgan fingerprint density at radius 3 is 2.44 bits per heavy atom. The molecule has 0 aliphatic heterocycles. The number of hydrogen-bond acceptors (Lipinski definition) is 4. The fourth-order valence-electron chi connectivity index (χ4n) is 2.23.